The summed E-state index contributed by atoms with van der Waals surface area (Å²) in [6.07, 6.45) is 5.16. The van der Waals surface area contributed by atoms with E-state index < -0.39 is 0 Å². The highest BCUT2D eigenvalue weighted by atomic mass is 35.5. The minimum absolute atomic E-state index is 0.0588. The summed E-state index contributed by atoms with van der Waals surface area (Å²) in [7, 11) is 0. The molecular formula is C15H16Cl2N2O. The summed E-state index contributed by atoms with van der Waals surface area (Å²) < 4.78 is 2.01. The Morgan fingerprint density at radius 2 is 1.95 bits per heavy atom. The molecule has 2 rings (SSSR count). The van der Waals surface area contributed by atoms with Crippen LogP contribution in [0, 0.1) is 0 Å². The van der Waals surface area contributed by atoms with Gasteiger partial charge in [0.15, 0.2) is 0 Å². The van der Waals surface area contributed by atoms with E-state index in [9.17, 15) is 4.79 Å². The van der Waals surface area contributed by atoms with Crippen molar-refractivity contribution in [2.75, 3.05) is 0 Å². The van der Waals surface area contributed by atoms with Crippen LogP contribution in [0.15, 0.2) is 30.6 Å². The number of hydrogen-bond donors (Lipinski definition) is 0. The number of rotatable bonds is 6. The number of imidazole rings is 1. The SMILES string of the molecule is CCCn1ccnc1CC(=O)Cc1c(Cl)cccc1Cl. The topological polar surface area (TPSA) is 34.9 Å². The normalized spacial score (nSPS) is 10.8. The van der Waals surface area contributed by atoms with E-state index in [2.05, 4.69) is 11.9 Å². The molecule has 1 aromatic heterocycles. The molecule has 0 unspecified atom stereocenters. The molecule has 0 atom stereocenters. The van der Waals surface area contributed by atoms with Crippen LogP contribution in [-0.2, 0) is 24.2 Å². The van der Waals surface area contributed by atoms with Crippen molar-refractivity contribution in [2.45, 2.75) is 32.7 Å². The van der Waals surface area contributed by atoms with Crippen molar-refractivity contribution in [3.8, 4) is 0 Å². The molecule has 0 saturated heterocycles. The zero-order valence-corrected chi connectivity index (χ0v) is 12.8. The first-order chi connectivity index (χ1) is 9.61. The van der Waals surface area contributed by atoms with Gasteiger partial charge in [0.1, 0.15) is 11.6 Å². The lowest BCUT2D eigenvalue weighted by molar-refractivity contribution is -0.117. The fraction of sp³-hybridized carbons (Fsp3) is 0.333. The molecule has 20 heavy (non-hydrogen) atoms. The molecule has 0 spiro atoms. The molecule has 0 aliphatic rings. The van der Waals surface area contributed by atoms with Gasteiger partial charge in [0.05, 0.1) is 6.42 Å². The predicted octanol–water partition coefficient (Wildman–Crippen LogP) is 3.95. The summed E-state index contributed by atoms with van der Waals surface area (Å²) in [6, 6.07) is 5.26. The van der Waals surface area contributed by atoms with Crippen LogP contribution in [0.4, 0.5) is 0 Å². The van der Waals surface area contributed by atoms with Gasteiger partial charge in [0, 0.05) is 35.4 Å². The van der Waals surface area contributed by atoms with Crippen LogP contribution in [0.5, 0.6) is 0 Å². The molecule has 106 valence electrons. The number of hydrogen-bond acceptors (Lipinski definition) is 2. The Morgan fingerprint density at radius 3 is 2.60 bits per heavy atom. The summed E-state index contributed by atoms with van der Waals surface area (Å²) >= 11 is 12.2. The van der Waals surface area contributed by atoms with Crippen LogP contribution < -0.4 is 0 Å². The van der Waals surface area contributed by atoms with Gasteiger partial charge in [-0.25, -0.2) is 4.98 Å². The van der Waals surface area contributed by atoms with Crippen molar-refractivity contribution in [3.63, 3.8) is 0 Å². The van der Waals surface area contributed by atoms with E-state index in [1.807, 2.05) is 10.8 Å². The Bertz CT molecular complexity index is 587. The Morgan fingerprint density at radius 1 is 1.25 bits per heavy atom. The maximum absolute atomic E-state index is 12.2. The van der Waals surface area contributed by atoms with E-state index in [4.69, 9.17) is 23.2 Å². The van der Waals surface area contributed by atoms with E-state index in [1.54, 1.807) is 24.4 Å². The second-order valence-corrected chi connectivity index (χ2v) is 5.44. The van der Waals surface area contributed by atoms with Gasteiger partial charge in [-0.05, 0) is 24.1 Å². The van der Waals surface area contributed by atoms with Crippen molar-refractivity contribution in [1.29, 1.82) is 0 Å². The van der Waals surface area contributed by atoms with E-state index in [-0.39, 0.29) is 12.2 Å². The number of aryl methyl sites for hydroxylation is 1. The number of carbonyl (C=O) groups excluding carboxylic acids is 1. The van der Waals surface area contributed by atoms with Crippen LogP contribution in [0.1, 0.15) is 24.7 Å². The van der Waals surface area contributed by atoms with E-state index in [0.29, 0.717) is 22.0 Å². The van der Waals surface area contributed by atoms with Gasteiger partial charge in [-0.2, -0.15) is 0 Å². The fourth-order valence-corrected chi connectivity index (χ4v) is 2.62. The summed E-state index contributed by atoms with van der Waals surface area (Å²) in [5.41, 5.74) is 0.689. The second kappa shape index (κ2) is 6.91. The quantitative estimate of drug-likeness (QED) is 0.809. The summed E-state index contributed by atoms with van der Waals surface area (Å²) in [5.74, 6) is 0.851. The second-order valence-electron chi connectivity index (χ2n) is 4.63. The van der Waals surface area contributed by atoms with Gasteiger partial charge in [-0.1, -0.05) is 36.2 Å². The molecule has 0 aliphatic carbocycles. The van der Waals surface area contributed by atoms with Gasteiger partial charge in [0.25, 0.3) is 0 Å². The van der Waals surface area contributed by atoms with Gasteiger partial charge in [0.2, 0.25) is 0 Å². The summed E-state index contributed by atoms with van der Waals surface area (Å²) in [5, 5.41) is 1.06. The molecule has 0 aliphatic heterocycles. The zero-order chi connectivity index (χ0) is 14.5. The molecule has 0 amide bonds. The molecule has 0 fully saturated rings. The van der Waals surface area contributed by atoms with Gasteiger partial charge < -0.3 is 4.57 Å². The highest BCUT2D eigenvalue weighted by Gasteiger charge is 2.13. The van der Waals surface area contributed by atoms with Gasteiger partial charge in [-0.3, -0.25) is 4.79 Å². The van der Waals surface area contributed by atoms with Crippen molar-refractivity contribution in [1.82, 2.24) is 9.55 Å². The van der Waals surface area contributed by atoms with Crippen LogP contribution in [-0.4, -0.2) is 15.3 Å². The van der Waals surface area contributed by atoms with Gasteiger partial charge >= 0.3 is 0 Å². The number of benzene rings is 1. The van der Waals surface area contributed by atoms with Crippen molar-refractivity contribution >= 4 is 29.0 Å². The number of nitrogens with zero attached hydrogens (tertiary/aromatic N) is 2. The van der Waals surface area contributed by atoms with Crippen molar-refractivity contribution < 1.29 is 4.79 Å². The highest BCUT2D eigenvalue weighted by Crippen LogP contribution is 2.25. The van der Waals surface area contributed by atoms with Crippen LogP contribution in [0.25, 0.3) is 0 Å². The molecular weight excluding hydrogens is 295 g/mol. The first-order valence-corrected chi connectivity index (χ1v) is 7.32. The Kier molecular flexibility index (Phi) is 5.21. The lowest BCUT2D eigenvalue weighted by Crippen LogP contribution is -2.12. The molecule has 3 nitrogen and oxygen atoms in total. The molecule has 0 N–H and O–H groups in total. The molecule has 1 heterocycles. The minimum Gasteiger partial charge on any atom is -0.335 e. The zero-order valence-electron chi connectivity index (χ0n) is 11.3. The van der Waals surface area contributed by atoms with E-state index in [1.165, 1.54) is 0 Å². The number of halogens is 2. The van der Waals surface area contributed by atoms with Crippen LogP contribution in [0.3, 0.4) is 0 Å². The standard InChI is InChI=1S/C15H16Cl2N2O/c1-2-7-19-8-6-18-15(19)10-11(20)9-12-13(16)4-3-5-14(12)17/h3-6,8H,2,7,9-10H2,1H3. The molecule has 0 bridgehead atoms. The summed E-state index contributed by atoms with van der Waals surface area (Å²) in [6.45, 7) is 2.96. The monoisotopic (exact) mass is 310 g/mol. The first-order valence-electron chi connectivity index (χ1n) is 6.56. The molecule has 1 aromatic carbocycles. The lowest BCUT2D eigenvalue weighted by Gasteiger charge is -2.08. The maximum atomic E-state index is 12.2. The molecule has 0 saturated carbocycles. The number of Topliss-reactive ketones (excluding diaryl/α,β-unsaturated/α-hetero) is 1. The number of ketones is 1. The minimum atomic E-state index is 0.0588. The number of carbonyl (C=O) groups is 1. The predicted molar refractivity (Wildman–Crippen MR) is 81.4 cm³/mol. The Balaban J connectivity index is 2.07. The average molecular weight is 311 g/mol. The van der Waals surface area contributed by atoms with Crippen LogP contribution in [0.2, 0.25) is 10.0 Å². The van der Waals surface area contributed by atoms with Crippen molar-refractivity contribution in [3.05, 3.63) is 52.0 Å². The van der Waals surface area contributed by atoms with E-state index in [0.717, 1.165) is 18.8 Å². The molecule has 5 heteroatoms. The lowest BCUT2D eigenvalue weighted by atomic mass is 10.1. The van der Waals surface area contributed by atoms with E-state index >= 15 is 0 Å². The number of aromatic nitrogens is 2. The molecule has 2 aromatic rings. The Hall–Kier alpha value is -1.32. The van der Waals surface area contributed by atoms with Gasteiger partial charge in [-0.15, -0.1) is 0 Å². The largest absolute Gasteiger partial charge is 0.335 e. The smallest absolute Gasteiger partial charge is 0.144 e. The molecule has 0 radical (unpaired) electrons. The third kappa shape index (κ3) is 3.62. The third-order valence-corrected chi connectivity index (χ3v) is 3.77. The fourth-order valence-electron chi connectivity index (χ4n) is 2.09. The Labute approximate surface area is 128 Å². The summed E-state index contributed by atoms with van der Waals surface area (Å²) in [4.78, 5) is 16.4. The van der Waals surface area contributed by atoms with Crippen LogP contribution >= 0.6 is 23.2 Å². The highest BCUT2D eigenvalue weighted by molar-refractivity contribution is 6.36. The average Bonchev–Trinajstić information content (AvgIpc) is 2.82. The maximum Gasteiger partial charge on any atom is 0.144 e. The first kappa shape index (κ1) is 15.1. The third-order valence-electron chi connectivity index (χ3n) is 3.06. The van der Waals surface area contributed by atoms with Crippen molar-refractivity contribution in [2.24, 2.45) is 0 Å².